The normalized spacial score (nSPS) is 13.5. The summed E-state index contributed by atoms with van der Waals surface area (Å²) in [6, 6.07) is 16.2. The van der Waals surface area contributed by atoms with E-state index >= 15 is 0 Å². The Labute approximate surface area is 149 Å². The fourth-order valence-corrected chi connectivity index (χ4v) is 2.85. The van der Waals surface area contributed by atoms with Crippen molar-refractivity contribution in [3.05, 3.63) is 66.4 Å². The van der Waals surface area contributed by atoms with Crippen molar-refractivity contribution in [1.29, 1.82) is 0 Å². The van der Waals surface area contributed by atoms with E-state index in [2.05, 4.69) is 15.5 Å². The van der Waals surface area contributed by atoms with E-state index in [1.165, 1.54) is 4.90 Å². The standard InChI is InChI=1S/C19H16N4O3/c24-18(13-5-7-14(8-6-13)23-11-12-26-19(23)25)21-16-4-2-1-3-15(16)17-9-10-20-22-17/h1-10H,11-12H2,(H,20,22)(H,21,24). The van der Waals surface area contributed by atoms with Crippen LogP contribution in [0.3, 0.4) is 0 Å². The number of para-hydroxylation sites is 1. The second-order valence-electron chi connectivity index (χ2n) is 5.78. The molecule has 1 aliphatic rings. The summed E-state index contributed by atoms with van der Waals surface area (Å²) < 4.78 is 4.92. The van der Waals surface area contributed by atoms with Gasteiger partial charge < -0.3 is 10.1 Å². The second kappa shape index (κ2) is 6.72. The number of amides is 2. The van der Waals surface area contributed by atoms with Gasteiger partial charge in [-0.2, -0.15) is 5.10 Å². The quantitative estimate of drug-likeness (QED) is 0.757. The maximum atomic E-state index is 12.6. The van der Waals surface area contributed by atoms with Crippen LogP contribution in [0.4, 0.5) is 16.2 Å². The Kier molecular flexibility index (Phi) is 4.10. The first-order valence-electron chi connectivity index (χ1n) is 8.17. The number of H-pyrrole nitrogens is 1. The second-order valence-corrected chi connectivity index (χ2v) is 5.78. The molecule has 1 aromatic heterocycles. The van der Waals surface area contributed by atoms with Crippen LogP contribution in [0.2, 0.25) is 0 Å². The van der Waals surface area contributed by atoms with Crippen molar-refractivity contribution in [3.63, 3.8) is 0 Å². The molecule has 2 aromatic carbocycles. The number of hydrogen-bond donors (Lipinski definition) is 2. The molecule has 0 spiro atoms. The minimum Gasteiger partial charge on any atom is -0.447 e. The average molecular weight is 348 g/mol. The molecule has 1 aliphatic heterocycles. The van der Waals surface area contributed by atoms with Crippen molar-refractivity contribution in [1.82, 2.24) is 10.2 Å². The van der Waals surface area contributed by atoms with Gasteiger partial charge in [-0.05, 0) is 36.4 Å². The van der Waals surface area contributed by atoms with E-state index in [9.17, 15) is 9.59 Å². The lowest BCUT2D eigenvalue weighted by Gasteiger charge is -2.13. The Morgan fingerprint density at radius 3 is 2.62 bits per heavy atom. The molecule has 1 fully saturated rings. The fraction of sp³-hybridized carbons (Fsp3) is 0.105. The van der Waals surface area contributed by atoms with Crippen molar-refractivity contribution in [2.45, 2.75) is 0 Å². The third-order valence-corrected chi connectivity index (χ3v) is 4.17. The van der Waals surface area contributed by atoms with Crippen molar-refractivity contribution in [2.24, 2.45) is 0 Å². The molecule has 0 atom stereocenters. The van der Waals surface area contributed by atoms with E-state index in [0.717, 1.165) is 11.3 Å². The highest BCUT2D eigenvalue weighted by molar-refractivity contribution is 6.06. The molecule has 26 heavy (non-hydrogen) atoms. The fourth-order valence-electron chi connectivity index (χ4n) is 2.85. The summed E-state index contributed by atoms with van der Waals surface area (Å²) in [6.07, 6.45) is 1.30. The van der Waals surface area contributed by atoms with E-state index in [-0.39, 0.29) is 12.0 Å². The third-order valence-electron chi connectivity index (χ3n) is 4.17. The Balaban J connectivity index is 1.53. The number of aromatic nitrogens is 2. The Morgan fingerprint density at radius 2 is 1.92 bits per heavy atom. The zero-order valence-electron chi connectivity index (χ0n) is 13.8. The summed E-state index contributed by atoms with van der Waals surface area (Å²) in [5.41, 5.74) is 3.58. The van der Waals surface area contributed by atoms with E-state index in [4.69, 9.17) is 4.74 Å². The molecule has 3 aromatic rings. The Hall–Kier alpha value is -3.61. The summed E-state index contributed by atoms with van der Waals surface area (Å²) in [6.45, 7) is 0.896. The molecule has 2 heterocycles. The molecule has 4 rings (SSSR count). The van der Waals surface area contributed by atoms with Crippen LogP contribution < -0.4 is 10.2 Å². The molecular weight excluding hydrogens is 332 g/mol. The van der Waals surface area contributed by atoms with Crippen LogP contribution in [-0.4, -0.2) is 35.3 Å². The molecule has 2 N–H and O–H groups in total. The number of anilines is 2. The van der Waals surface area contributed by atoms with Gasteiger partial charge in [0, 0.05) is 23.0 Å². The average Bonchev–Trinajstić information content (AvgIpc) is 3.34. The molecule has 7 nitrogen and oxygen atoms in total. The van der Waals surface area contributed by atoms with Gasteiger partial charge in [0.2, 0.25) is 0 Å². The number of benzene rings is 2. The van der Waals surface area contributed by atoms with Gasteiger partial charge in [0.25, 0.3) is 5.91 Å². The highest BCUT2D eigenvalue weighted by Gasteiger charge is 2.23. The molecular formula is C19H16N4O3. The number of ether oxygens (including phenoxy) is 1. The van der Waals surface area contributed by atoms with Gasteiger partial charge in [0.05, 0.1) is 17.9 Å². The topological polar surface area (TPSA) is 87.3 Å². The lowest BCUT2D eigenvalue weighted by Crippen LogP contribution is -2.23. The minimum absolute atomic E-state index is 0.229. The molecule has 0 saturated carbocycles. The number of rotatable bonds is 4. The lowest BCUT2D eigenvalue weighted by atomic mass is 10.1. The predicted octanol–water partition coefficient (Wildman–Crippen LogP) is 3.29. The van der Waals surface area contributed by atoms with Gasteiger partial charge in [-0.25, -0.2) is 4.79 Å². The summed E-state index contributed by atoms with van der Waals surface area (Å²) in [5, 5.41) is 9.77. The zero-order chi connectivity index (χ0) is 17.9. The van der Waals surface area contributed by atoms with Gasteiger partial charge >= 0.3 is 6.09 Å². The molecule has 7 heteroatoms. The van der Waals surface area contributed by atoms with Crippen LogP contribution in [0.1, 0.15) is 10.4 Å². The van der Waals surface area contributed by atoms with Crippen LogP contribution >= 0.6 is 0 Å². The molecule has 0 aliphatic carbocycles. The molecule has 130 valence electrons. The maximum absolute atomic E-state index is 12.6. The number of aromatic amines is 1. The summed E-state index contributed by atoms with van der Waals surface area (Å²) in [4.78, 5) is 25.7. The molecule has 1 saturated heterocycles. The van der Waals surface area contributed by atoms with Gasteiger partial charge in [-0.15, -0.1) is 0 Å². The number of cyclic esters (lactones) is 1. The lowest BCUT2D eigenvalue weighted by molar-refractivity contribution is 0.102. The van der Waals surface area contributed by atoms with Crippen molar-refractivity contribution < 1.29 is 14.3 Å². The van der Waals surface area contributed by atoms with Crippen LogP contribution in [0.25, 0.3) is 11.3 Å². The molecule has 0 bridgehead atoms. The van der Waals surface area contributed by atoms with Crippen molar-refractivity contribution >= 4 is 23.4 Å². The van der Waals surface area contributed by atoms with E-state index in [1.807, 2.05) is 30.3 Å². The monoisotopic (exact) mass is 348 g/mol. The van der Waals surface area contributed by atoms with Crippen LogP contribution in [-0.2, 0) is 4.74 Å². The van der Waals surface area contributed by atoms with Crippen molar-refractivity contribution in [2.75, 3.05) is 23.4 Å². The van der Waals surface area contributed by atoms with Crippen LogP contribution in [0.15, 0.2) is 60.8 Å². The van der Waals surface area contributed by atoms with Gasteiger partial charge in [-0.1, -0.05) is 18.2 Å². The first-order chi connectivity index (χ1) is 12.7. The number of nitrogens with one attached hydrogen (secondary N) is 2. The Morgan fingerprint density at radius 1 is 1.12 bits per heavy atom. The minimum atomic E-state index is -0.365. The Bertz CT molecular complexity index is 936. The van der Waals surface area contributed by atoms with Crippen LogP contribution in [0.5, 0.6) is 0 Å². The maximum Gasteiger partial charge on any atom is 0.414 e. The van der Waals surface area contributed by atoms with Crippen molar-refractivity contribution in [3.8, 4) is 11.3 Å². The van der Waals surface area contributed by atoms with E-state index in [0.29, 0.717) is 30.1 Å². The number of carbonyl (C=O) groups is 2. The summed E-state index contributed by atoms with van der Waals surface area (Å²) in [5.74, 6) is -0.229. The third kappa shape index (κ3) is 3.02. The first kappa shape index (κ1) is 15.9. The largest absolute Gasteiger partial charge is 0.447 e. The summed E-state index contributed by atoms with van der Waals surface area (Å²) in [7, 11) is 0. The predicted molar refractivity (Wildman–Crippen MR) is 97.1 cm³/mol. The number of nitrogens with zero attached hydrogens (tertiary/aromatic N) is 2. The first-order valence-corrected chi connectivity index (χ1v) is 8.17. The number of carbonyl (C=O) groups excluding carboxylic acids is 2. The highest BCUT2D eigenvalue weighted by Crippen LogP contribution is 2.26. The van der Waals surface area contributed by atoms with Gasteiger partial charge in [0.1, 0.15) is 6.61 Å². The zero-order valence-corrected chi connectivity index (χ0v) is 13.8. The smallest absolute Gasteiger partial charge is 0.414 e. The van der Waals surface area contributed by atoms with E-state index in [1.54, 1.807) is 30.5 Å². The van der Waals surface area contributed by atoms with Crippen LogP contribution in [0, 0.1) is 0 Å². The van der Waals surface area contributed by atoms with Gasteiger partial charge in [0.15, 0.2) is 0 Å². The molecule has 0 radical (unpaired) electrons. The highest BCUT2D eigenvalue weighted by atomic mass is 16.6. The SMILES string of the molecule is O=C(Nc1ccccc1-c1ccn[nH]1)c1ccc(N2CCOC2=O)cc1. The molecule has 2 amide bonds. The summed E-state index contributed by atoms with van der Waals surface area (Å²) >= 11 is 0. The van der Waals surface area contributed by atoms with Gasteiger partial charge in [-0.3, -0.25) is 14.8 Å². The van der Waals surface area contributed by atoms with E-state index < -0.39 is 0 Å². The molecule has 0 unspecified atom stereocenters. The number of hydrogen-bond acceptors (Lipinski definition) is 4.